The van der Waals surface area contributed by atoms with E-state index in [1.165, 1.54) is 24.1 Å². The molecule has 1 aromatic rings. The highest BCUT2D eigenvalue weighted by atomic mass is 14.7. The highest BCUT2D eigenvalue weighted by Gasteiger charge is 2.13. The van der Waals surface area contributed by atoms with Gasteiger partial charge in [-0.3, -0.25) is 4.98 Å². The van der Waals surface area contributed by atoms with E-state index >= 15 is 0 Å². The maximum atomic E-state index is 4.39. The normalized spacial score (nSPS) is 11.7. The Bertz CT molecular complexity index is 284. The van der Waals surface area contributed by atoms with Crippen LogP contribution in [0.3, 0.4) is 0 Å². The summed E-state index contributed by atoms with van der Waals surface area (Å²) in [5.74, 6) is 0. The molecule has 78 valence electrons. The van der Waals surface area contributed by atoms with Crippen LogP contribution in [0.1, 0.15) is 51.8 Å². The second kappa shape index (κ2) is 4.59. The van der Waals surface area contributed by atoms with Crippen LogP contribution < -0.4 is 0 Å². The molecule has 0 unspecified atom stereocenters. The Morgan fingerprint density at radius 2 is 2.00 bits per heavy atom. The van der Waals surface area contributed by atoms with Gasteiger partial charge in [-0.15, -0.1) is 0 Å². The number of pyridine rings is 1. The monoisotopic (exact) mass is 191 g/mol. The van der Waals surface area contributed by atoms with E-state index in [4.69, 9.17) is 0 Å². The summed E-state index contributed by atoms with van der Waals surface area (Å²) in [5.41, 5.74) is 2.86. The van der Waals surface area contributed by atoms with Gasteiger partial charge in [0.1, 0.15) is 0 Å². The standard InChI is InChI=1S/C13H21N/c1-5-6-7-12-10-11(8-9-14-12)13(2,3)4/h8-10H,5-7H2,1-4H3. The van der Waals surface area contributed by atoms with Crippen LogP contribution in [0.25, 0.3) is 0 Å². The summed E-state index contributed by atoms with van der Waals surface area (Å²) >= 11 is 0. The Hall–Kier alpha value is -0.850. The lowest BCUT2D eigenvalue weighted by Crippen LogP contribution is -2.11. The third kappa shape index (κ3) is 3.13. The first-order valence-corrected chi connectivity index (χ1v) is 5.49. The fourth-order valence-corrected chi connectivity index (χ4v) is 1.44. The Labute approximate surface area is 87.6 Å². The number of rotatable bonds is 3. The summed E-state index contributed by atoms with van der Waals surface area (Å²) in [6, 6.07) is 4.37. The lowest BCUT2D eigenvalue weighted by Gasteiger charge is -2.19. The second-order valence-electron chi connectivity index (χ2n) is 4.89. The zero-order valence-electron chi connectivity index (χ0n) is 9.80. The highest BCUT2D eigenvalue weighted by Crippen LogP contribution is 2.22. The van der Waals surface area contributed by atoms with E-state index in [2.05, 4.69) is 44.8 Å². The van der Waals surface area contributed by atoms with E-state index in [9.17, 15) is 0 Å². The van der Waals surface area contributed by atoms with Crippen LogP contribution in [0, 0.1) is 0 Å². The number of nitrogens with zero attached hydrogens (tertiary/aromatic N) is 1. The molecule has 0 aliphatic rings. The Morgan fingerprint density at radius 1 is 1.29 bits per heavy atom. The average molecular weight is 191 g/mol. The lowest BCUT2D eigenvalue weighted by atomic mass is 9.87. The first-order chi connectivity index (χ1) is 6.54. The molecule has 0 atom stereocenters. The van der Waals surface area contributed by atoms with Crippen molar-refractivity contribution in [1.29, 1.82) is 0 Å². The first kappa shape index (κ1) is 11.2. The maximum absolute atomic E-state index is 4.39. The topological polar surface area (TPSA) is 12.9 Å². The van der Waals surface area contributed by atoms with Crippen molar-refractivity contribution in [2.24, 2.45) is 0 Å². The first-order valence-electron chi connectivity index (χ1n) is 5.49. The number of aromatic nitrogens is 1. The molecule has 0 aromatic carbocycles. The molecule has 0 spiro atoms. The fraction of sp³-hybridized carbons (Fsp3) is 0.615. The summed E-state index contributed by atoms with van der Waals surface area (Å²) in [6.45, 7) is 8.94. The van der Waals surface area contributed by atoms with E-state index in [0.29, 0.717) is 0 Å². The van der Waals surface area contributed by atoms with Gasteiger partial charge in [-0.25, -0.2) is 0 Å². The Kier molecular flexibility index (Phi) is 3.68. The van der Waals surface area contributed by atoms with Crippen LogP contribution in [0.4, 0.5) is 0 Å². The molecular weight excluding hydrogens is 170 g/mol. The summed E-state index contributed by atoms with van der Waals surface area (Å²) in [6.07, 6.45) is 5.52. The van der Waals surface area contributed by atoms with E-state index in [0.717, 1.165) is 6.42 Å². The van der Waals surface area contributed by atoms with Gasteiger partial charge in [0.15, 0.2) is 0 Å². The summed E-state index contributed by atoms with van der Waals surface area (Å²) < 4.78 is 0. The molecule has 0 saturated heterocycles. The zero-order chi connectivity index (χ0) is 10.6. The van der Waals surface area contributed by atoms with E-state index in [1.807, 2.05) is 6.20 Å². The maximum Gasteiger partial charge on any atom is 0.0406 e. The van der Waals surface area contributed by atoms with Crippen LogP contribution in [-0.4, -0.2) is 4.98 Å². The van der Waals surface area contributed by atoms with Gasteiger partial charge >= 0.3 is 0 Å². The molecule has 1 nitrogen and oxygen atoms in total. The molecule has 1 aromatic heterocycles. The molecule has 1 heteroatoms. The van der Waals surface area contributed by atoms with Crippen LogP contribution in [0.2, 0.25) is 0 Å². The van der Waals surface area contributed by atoms with Crippen molar-refractivity contribution in [3.63, 3.8) is 0 Å². The fourth-order valence-electron chi connectivity index (χ4n) is 1.44. The molecule has 1 heterocycles. The van der Waals surface area contributed by atoms with Crippen molar-refractivity contribution in [3.8, 4) is 0 Å². The Balaban J connectivity index is 2.79. The summed E-state index contributed by atoms with van der Waals surface area (Å²) in [5, 5.41) is 0. The molecule has 1 rings (SSSR count). The van der Waals surface area contributed by atoms with Gasteiger partial charge in [0.25, 0.3) is 0 Å². The van der Waals surface area contributed by atoms with Crippen molar-refractivity contribution >= 4 is 0 Å². The van der Waals surface area contributed by atoms with Crippen molar-refractivity contribution in [2.75, 3.05) is 0 Å². The van der Waals surface area contributed by atoms with E-state index in [-0.39, 0.29) is 5.41 Å². The van der Waals surface area contributed by atoms with Crippen LogP contribution in [0.15, 0.2) is 18.3 Å². The van der Waals surface area contributed by atoms with Gasteiger partial charge in [0.2, 0.25) is 0 Å². The highest BCUT2D eigenvalue weighted by molar-refractivity contribution is 5.23. The van der Waals surface area contributed by atoms with Gasteiger partial charge in [-0.05, 0) is 36.0 Å². The average Bonchev–Trinajstić information content (AvgIpc) is 2.14. The molecule has 0 N–H and O–H groups in total. The number of hydrogen-bond donors (Lipinski definition) is 0. The molecule has 0 amide bonds. The Morgan fingerprint density at radius 3 is 2.57 bits per heavy atom. The van der Waals surface area contributed by atoms with E-state index < -0.39 is 0 Å². The minimum Gasteiger partial charge on any atom is -0.261 e. The lowest BCUT2D eigenvalue weighted by molar-refractivity contribution is 0.587. The number of hydrogen-bond acceptors (Lipinski definition) is 1. The smallest absolute Gasteiger partial charge is 0.0406 e. The molecule has 0 aliphatic heterocycles. The van der Waals surface area contributed by atoms with Gasteiger partial charge in [-0.1, -0.05) is 34.1 Å². The third-order valence-electron chi connectivity index (χ3n) is 2.47. The van der Waals surface area contributed by atoms with Crippen molar-refractivity contribution in [2.45, 2.75) is 52.4 Å². The molecule has 0 radical (unpaired) electrons. The predicted octanol–water partition coefficient (Wildman–Crippen LogP) is 3.72. The minimum absolute atomic E-state index is 0.240. The van der Waals surface area contributed by atoms with Gasteiger partial charge < -0.3 is 0 Å². The zero-order valence-corrected chi connectivity index (χ0v) is 9.80. The summed E-state index contributed by atoms with van der Waals surface area (Å²) in [4.78, 5) is 4.39. The van der Waals surface area contributed by atoms with Crippen molar-refractivity contribution < 1.29 is 0 Å². The van der Waals surface area contributed by atoms with Gasteiger partial charge in [0.05, 0.1) is 0 Å². The van der Waals surface area contributed by atoms with Crippen molar-refractivity contribution in [3.05, 3.63) is 29.6 Å². The number of aryl methyl sites for hydroxylation is 1. The molecule has 0 saturated carbocycles. The third-order valence-corrected chi connectivity index (χ3v) is 2.47. The quantitative estimate of drug-likeness (QED) is 0.709. The molecule has 0 fully saturated rings. The van der Waals surface area contributed by atoms with Crippen molar-refractivity contribution in [1.82, 2.24) is 4.98 Å². The van der Waals surface area contributed by atoms with Gasteiger partial charge in [-0.2, -0.15) is 0 Å². The SMILES string of the molecule is CCCCc1cc(C(C)(C)C)ccn1. The molecular formula is C13H21N. The number of unbranched alkanes of at least 4 members (excludes halogenated alkanes) is 1. The largest absolute Gasteiger partial charge is 0.261 e. The minimum atomic E-state index is 0.240. The molecule has 0 aliphatic carbocycles. The van der Waals surface area contributed by atoms with Crippen LogP contribution >= 0.6 is 0 Å². The van der Waals surface area contributed by atoms with Crippen LogP contribution in [0.5, 0.6) is 0 Å². The summed E-state index contributed by atoms with van der Waals surface area (Å²) in [7, 11) is 0. The van der Waals surface area contributed by atoms with E-state index in [1.54, 1.807) is 0 Å². The molecule has 0 bridgehead atoms. The second-order valence-corrected chi connectivity index (χ2v) is 4.89. The molecule has 14 heavy (non-hydrogen) atoms. The van der Waals surface area contributed by atoms with Gasteiger partial charge in [0, 0.05) is 11.9 Å². The predicted molar refractivity (Wildman–Crippen MR) is 61.5 cm³/mol. The van der Waals surface area contributed by atoms with Crippen LogP contribution in [-0.2, 0) is 11.8 Å².